The summed E-state index contributed by atoms with van der Waals surface area (Å²) in [4.78, 5) is 15.6. The Morgan fingerprint density at radius 1 is 1.32 bits per heavy atom. The Morgan fingerprint density at radius 2 is 2.13 bits per heavy atom. The van der Waals surface area contributed by atoms with E-state index in [4.69, 9.17) is 23.8 Å². The Morgan fingerprint density at radius 3 is 2.77 bits per heavy atom. The van der Waals surface area contributed by atoms with E-state index in [1.54, 1.807) is 12.5 Å². The number of fused-ring (bicyclic) bond motifs is 1. The predicted octanol–water partition coefficient (Wildman–Crippen LogP) is 3.76. The van der Waals surface area contributed by atoms with Crippen LogP contribution in [0.25, 0.3) is 0 Å². The maximum atomic E-state index is 10.6. The normalized spacial score (nSPS) is 23.9. The van der Waals surface area contributed by atoms with Crippen molar-refractivity contribution in [3.63, 3.8) is 0 Å². The van der Waals surface area contributed by atoms with Crippen LogP contribution in [0, 0.1) is 5.41 Å². The summed E-state index contributed by atoms with van der Waals surface area (Å²) < 4.78 is 49.4. The Labute approximate surface area is 177 Å². The van der Waals surface area contributed by atoms with Crippen LogP contribution in [0.4, 0.5) is 13.2 Å². The number of carbonyl (C=O) groups is 1. The SMILES string of the molecule is O=C(O)C(F)(F)F.c1ccc(OCC23CCCOC2CCN(Cc2ccco2)C3)nc1. The van der Waals surface area contributed by atoms with E-state index in [1.807, 2.05) is 30.3 Å². The van der Waals surface area contributed by atoms with Gasteiger partial charge in [-0.25, -0.2) is 9.78 Å². The third-order valence-electron chi connectivity index (χ3n) is 5.41. The van der Waals surface area contributed by atoms with Gasteiger partial charge in [0.25, 0.3) is 0 Å². The molecule has 0 saturated carbocycles. The summed E-state index contributed by atoms with van der Waals surface area (Å²) in [6, 6.07) is 9.77. The third kappa shape index (κ3) is 6.44. The number of ether oxygens (including phenoxy) is 2. The molecule has 2 aromatic rings. The molecule has 0 amide bonds. The van der Waals surface area contributed by atoms with Gasteiger partial charge in [0.05, 0.1) is 25.5 Å². The molecule has 2 fully saturated rings. The highest BCUT2D eigenvalue weighted by molar-refractivity contribution is 5.73. The average Bonchev–Trinajstić information content (AvgIpc) is 3.26. The lowest BCUT2D eigenvalue weighted by atomic mass is 9.73. The second-order valence-electron chi connectivity index (χ2n) is 7.66. The summed E-state index contributed by atoms with van der Waals surface area (Å²) in [5.41, 5.74) is 0.0423. The summed E-state index contributed by atoms with van der Waals surface area (Å²) in [5.74, 6) is -1.04. The number of hydrogen-bond donors (Lipinski definition) is 1. The third-order valence-corrected chi connectivity index (χ3v) is 5.41. The van der Waals surface area contributed by atoms with Gasteiger partial charge < -0.3 is 19.0 Å². The Hall–Kier alpha value is -2.59. The van der Waals surface area contributed by atoms with Crippen molar-refractivity contribution in [2.75, 3.05) is 26.3 Å². The fourth-order valence-corrected chi connectivity index (χ4v) is 4.00. The topological polar surface area (TPSA) is 85.0 Å². The van der Waals surface area contributed by atoms with Crippen LogP contribution in [0.2, 0.25) is 0 Å². The van der Waals surface area contributed by atoms with Crippen molar-refractivity contribution in [2.24, 2.45) is 5.41 Å². The minimum atomic E-state index is -5.08. The van der Waals surface area contributed by atoms with E-state index in [2.05, 4.69) is 9.88 Å². The van der Waals surface area contributed by atoms with Gasteiger partial charge in [-0.15, -0.1) is 0 Å². The molecule has 170 valence electrons. The molecule has 10 heteroatoms. The molecule has 4 heterocycles. The molecular formula is C21H25F3N2O5. The van der Waals surface area contributed by atoms with Crippen LogP contribution < -0.4 is 4.74 Å². The maximum Gasteiger partial charge on any atom is 0.490 e. The van der Waals surface area contributed by atoms with Gasteiger partial charge in [-0.05, 0) is 37.5 Å². The second-order valence-corrected chi connectivity index (χ2v) is 7.66. The van der Waals surface area contributed by atoms with E-state index in [0.717, 1.165) is 51.3 Å². The van der Waals surface area contributed by atoms with Crippen molar-refractivity contribution in [1.82, 2.24) is 9.88 Å². The number of carboxylic acid groups (broad SMARTS) is 1. The molecule has 0 aromatic carbocycles. The zero-order valence-electron chi connectivity index (χ0n) is 16.9. The van der Waals surface area contributed by atoms with Gasteiger partial charge in [0.2, 0.25) is 5.88 Å². The highest BCUT2D eigenvalue weighted by Gasteiger charge is 2.46. The number of aliphatic carboxylic acids is 1. The van der Waals surface area contributed by atoms with Gasteiger partial charge in [-0.3, -0.25) is 4.90 Å². The number of alkyl halides is 3. The molecule has 2 saturated heterocycles. The molecule has 7 nitrogen and oxygen atoms in total. The monoisotopic (exact) mass is 442 g/mol. The fourth-order valence-electron chi connectivity index (χ4n) is 4.00. The van der Waals surface area contributed by atoms with Crippen LogP contribution in [0.1, 0.15) is 25.0 Å². The van der Waals surface area contributed by atoms with Crippen molar-refractivity contribution in [3.05, 3.63) is 48.6 Å². The first-order chi connectivity index (χ1) is 14.8. The largest absolute Gasteiger partial charge is 0.490 e. The number of carboxylic acids is 1. The van der Waals surface area contributed by atoms with Crippen LogP contribution in [-0.2, 0) is 16.1 Å². The van der Waals surface area contributed by atoms with Crippen LogP contribution in [-0.4, -0.2) is 59.5 Å². The first-order valence-corrected chi connectivity index (χ1v) is 9.99. The lowest BCUT2D eigenvalue weighted by molar-refractivity contribution is -0.192. The van der Waals surface area contributed by atoms with Crippen molar-refractivity contribution in [3.8, 4) is 5.88 Å². The summed E-state index contributed by atoms with van der Waals surface area (Å²) in [5, 5.41) is 7.12. The molecule has 31 heavy (non-hydrogen) atoms. The Balaban J connectivity index is 0.000000339. The number of furan rings is 1. The van der Waals surface area contributed by atoms with Gasteiger partial charge in [-0.1, -0.05) is 6.07 Å². The quantitative estimate of drug-likeness (QED) is 0.755. The molecular weight excluding hydrogens is 417 g/mol. The fraction of sp³-hybridized carbons (Fsp3) is 0.524. The van der Waals surface area contributed by atoms with Gasteiger partial charge in [0.1, 0.15) is 5.76 Å². The number of nitrogens with zero attached hydrogens (tertiary/aromatic N) is 2. The molecule has 4 rings (SSSR count). The smallest absolute Gasteiger partial charge is 0.477 e. The molecule has 2 atom stereocenters. The van der Waals surface area contributed by atoms with Crippen molar-refractivity contribution < 1.29 is 37.0 Å². The molecule has 2 aliphatic rings. The minimum Gasteiger partial charge on any atom is -0.477 e. The van der Waals surface area contributed by atoms with Crippen molar-refractivity contribution in [2.45, 2.75) is 38.1 Å². The van der Waals surface area contributed by atoms with E-state index in [1.165, 1.54) is 0 Å². The van der Waals surface area contributed by atoms with E-state index in [-0.39, 0.29) is 11.5 Å². The summed E-state index contributed by atoms with van der Waals surface area (Å²) in [6.07, 6.45) is 1.99. The zero-order chi connectivity index (χ0) is 22.3. The van der Waals surface area contributed by atoms with Gasteiger partial charge >= 0.3 is 12.1 Å². The van der Waals surface area contributed by atoms with E-state index < -0.39 is 12.1 Å². The van der Waals surface area contributed by atoms with E-state index in [9.17, 15) is 13.2 Å². The summed E-state index contributed by atoms with van der Waals surface area (Å²) in [6.45, 7) is 4.39. The molecule has 2 unspecified atom stereocenters. The molecule has 0 radical (unpaired) electrons. The number of pyridine rings is 1. The summed E-state index contributed by atoms with van der Waals surface area (Å²) >= 11 is 0. The number of likely N-dealkylation sites (tertiary alicyclic amines) is 1. The Kier molecular flexibility index (Phi) is 7.55. The highest BCUT2D eigenvalue weighted by Crippen LogP contribution is 2.41. The molecule has 1 N–H and O–H groups in total. The predicted molar refractivity (Wildman–Crippen MR) is 103 cm³/mol. The van der Waals surface area contributed by atoms with Crippen LogP contribution in [0.3, 0.4) is 0 Å². The summed E-state index contributed by atoms with van der Waals surface area (Å²) in [7, 11) is 0. The molecule has 2 aromatic heterocycles. The van der Waals surface area contributed by atoms with Gasteiger partial charge in [-0.2, -0.15) is 13.2 Å². The number of aromatic nitrogens is 1. The standard InChI is InChI=1S/C19H24N2O3.C2HF3O2/c1-2-9-20-18(6-1)24-15-19-8-4-12-23-17(19)7-10-21(14-19)13-16-5-3-11-22-16;3-2(4,5)1(6)7/h1-3,5-6,9,11,17H,4,7-8,10,12-15H2;(H,6,7). The van der Waals surface area contributed by atoms with Crippen LogP contribution in [0.15, 0.2) is 47.2 Å². The first kappa shape index (κ1) is 23.1. The average molecular weight is 442 g/mol. The number of piperidine rings is 1. The maximum absolute atomic E-state index is 10.6. The molecule has 0 bridgehead atoms. The lowest BCUT2D eigenvalue weighted by Crippen LogP contribution is -2.57. The number of rotatable bonds is 5. The number of halogens is 3. The van der Waals surface area contributed by atoms with Gasteiger partial charge in [0, 0.05) is 37.4 Å². The van der Waals surface area contributed by atoms with Crippen LogP contribution in [0.5, 0.6) is 5.88 Å². The lowest BCUT2D eigenvalue weighted by Gasteiger charge is -2.50. The first-order valence-electron chi connectivity index (χ1n) is 9.99. The minimum absolute atomic E-state index is 0.0423. The molecule has 0 spiro atoms. The molecule has 2 aliphatic heterocycles. The van der Waals surface area contributed by atoms with E-state index in [0.29, 0.717) is 12.5 Å². The Bertz CT molecular complexity index is 816. The van der Waals surface area contributed by atoms with Crippen molar-refractivity contribution >= 4 is 5.97 Å². The highest BCUT2D eigenvalue weighted by atomic mass is 19.4. The van der Waals surface area contributed by atoms with Crippen LogP contribution >= 0.6 is 0 Å². The second kappa shape index (κ2) is 10.1. The van der Waals surface area contributed by atoms with Gasteiger partial charge in [0.15, 0.2) is 0 Å². The number of hydrogen-bond acceptors (Lipinski definition) is 6. The van der Waals surface area contributed by atoms with E-state index >= 15 is 0 Å². The zero-order valence-corrected chi connectivity index (χ0v) is 16.9. The van der Waals surface area contributed by atoms with Crippen molar-refractivity contribution in [1.29, 1.82) is 0 Å². The molecule has 0 aliphatic carbocycles.